The molecule has 1 fully saturated rings. The van der Waals surface area contributed by atoms with E-state index in [1.807, 2.05) is 22.6 Å². The van der Waals surface area contributed by atoms with Crippen molar-refractivity contribution in [1.29, 1.82) is 0 Å². The van der Waals surface area contributed by atoms with E-state index in [2.05, 4.69) is 19.9 Å². The molecular formula is C12H11IN4O2. The van der Waals surface area contributed by atoms with E-state index in [1.165, 1.54) is 13.4 Å². The van der Waals surface area contributed by atoms with Gasteiger partial charge in [0, 0.05) is 12.0 Å². The van der Waals surface area contributed by atoms with Gasteiger partial charge >= 0.3 is 0 Å². The fourth-order valence-electron chi connectivity index (χ4n) is 1.81. The standard InChI is InChI=1S/C12H11IN4O2/c1-19-8-4-7(14-5-15-8)11-16-10(6-2-3-6)9(13)12(18)17-11/h4-6H,2-3H2,1H3,(H,16,17,18). The van der Waals surface area contributed by atoms with E-state index in [9.17, 15) is 4.79 Å². The Morgan fingerprint density at radius 1 is 1.42 bits per heavy atom. The number of nitrogens with zero attached hydrogens (tertiary/aromatic N) is 3. The molecule has 0 atom stereocenters. The smallest absolute Gasteiger partial charge is 0.264 e. The maximum atomic E-state index is 11.9. The Hall–Kier alpha value is -1.51. The molecule has 0 bridgehead atoms. The lowest BCUT2D eigenvalue weighted by Gasteiger charge is -2.06. The number of nitrogens with one attached hydrogen (secondary N) is 1. The van der Waals surface area contributed by atoms with Crippen molar-refractivity contribution in [2.75, 3.05) is 7.11 Å². The molecule has 0 aromatic carbocycles. The van der Waals surface area contributed by atoms with Gasteiger partial charge in [-0.25, -0.2) is 15.0 Å². The monoisotopic (exact) mass is 370 g/mol. The molecule has 7 heteroatoms. The number of halogens is 1. The summed E-state index contributed by atoms with van der Waals surface area (Å²) < 4.78 is 5.72. The minimum Gasteiger partial charge on any atom is -0.481 e. The van der Waals surface area contributed by atoms with Gasteiger partial charge in [0.1, 0.15) is 15.6 Å². The van der Waals surface area contributed by atoms with E-state index in [0.717, 1.165) is 18.5 Å². The second kappa shape index (κ2) is 4.87. The van der Waals surface area contributed by atoms with E-state index < -0.39 is 0 Å². The third-order valence-corrected chi connectivity index (χ3v) is 3.99. The van der Waals surface area contributed by atoms with Crippen molar-refractivity contribution in [3.05, 3.63) is 32.0 Å². The molecule has 6 nitrogen and oxygen atoms in total. The summed E-state index contributed by atoms with van der Waals surface area (Å²) in [6, 6.07) is 1.65. The highest BCUT2D eigenvalue weighted by molar-refractivity contribution is 14.1. The van der Waals surface area contributed by atoms with Crippen LogP contribution in [0, 0.1) is 3.57 Å². The van der Waals surface area contributed by atoms with E-state index in [1.54, 1.807) is 6.07 Å². The highest BCUT2D eigenvalue weighted by atomic mass is 127. The summed E-state index contributed by atoms with van der Waals surface area (Å²) in [7, 11) is 1.53. The largest absolute Gasteiger partial charge is 0.481 e. The zero-order valence-corrected chi connectivity index (χ0v) is 12.3. The van der Waals surface area contributed by atoms with Crippen molar-refractivity contribution in [3.8, 4) is 17.4 Å². The summed E-state index contributed by atoms with van der Waals surface area (Å²) in [5.74, 6) is 1.32. The van der Waals surface area contributed by atoms with Gasteiger partial charge in [0.25, 0.3) is 5.56 Å². The van der Waals surface area contributed by atoms with Gasteiger partial charge in [0.05, 0.1) is 12.8 Å². The van der Waals surface area contributed by atoms with Gasteiger partial charge in [-0.05, 0) is 35.4 Å². The van der Waals surface area contributed by atoms with Gasteiger partial charge < -0.3 is 9.72 Å². The zero-order valence-electron chi connectivity index (χ0n) is 10.2. The van der Waals surface area contributed by atoms with E-state index in [4.69, 9.17) is 4.74 Å². The third kappa shape index (κ3) is 2.46. The fourth-order valence-corrected chi connectivity index (χ4v) is 2.50. The molecule has 98 valence electrons. The van der Waals surface area contributed by atoms with Crippen LogP contribution in [0.5, 0.6) is 5.88 Å². The maximum Gasteiger partial charge on any atom is 0.264 e. The first-order valence-electron chi connectivity index (χ1n) is 5.85. The van der Waals surface area contributed by atoms with Crippen LogP contribution in [-0.2, 0) is 0 Å². The summed E-state index contributed by atoms with van der Waals surface area (Å²) in [6.07, 6.45) is 3.58. The molecule has 0 aliphatic heterocycles. The Morgan fingerprint density at radius 2 is 2.21 bits per heavy atom. The molecule has 1 aliphatic carbocycles. The van der Waals surface area contributed by atoms with Gasteiger partial charge in [-0.15, -0.1) is 0 Å². The number of aromatic nitrogens is 4. The molecular weight excluding hydrogens is 359 g/mol. The lowest BCUT2D eigenvalue weighted by Crippen LogP contribution is -2.16. The van der Waals surface area contributed by atoms with Crippen LogP contribution in [0.4, 0.5) is 0 Å². The van der Waals surface area contributed by atoms with Crippen LogP contribution < -0.4 is 10.3 Å². The second-order valence-corrected chi connectivity index (χ2v) is 5.41. The number of hydrogen-bond donors (Lipinski definition) is 1. The van der Waals surface area contributed by atoms with Crippen LogP contribution in [0.1, 0.15) is 24.5 Å². The first-order valence-corrected chi connectivity index (χ1v) is 6.93. The third-order valence-electron chi connectivity index (χ3n) is 2.95. The molecule has 0 radical (unpaired) electrons. The summed E-state index contributed by atoms with van der Waals surface area (Å²) in [5.41, 5.74) is 1.31. The van der Waals surface area contributed by atoms with Crippen molar-refractivity contribution in [3.63, 3.8) is 0 Å². The zero-order chi connectivity index (χ0) is 13.4. The number of H-pyrrole nitrogens is 1. The van der Waals surface area contributed by atoms with Crippen LogP contribution in [0.3, 0.4) is 0 Å². The number of ether oxygens (including phenoxy) is 1. The molecule has 0 saturated heterocycles. The van der Waals surface area contributed by atoms with Crippen molar-refractivity contribution in [2.45, 2.75) is 18.8 Å². The van der Waals surface area contributed by atoms with Gasteiger partial charge in [-0.3, -0.25) is 4.79 Å². The van der Waals surface area contributed by atoms with Crippen LogP contribution in [0.15, 0.2) is 17.2 Å². The minimum absolute atomic E-state index is 0.120. The summed E-state index contributed by atoms with van der Waals surface area (Å²) in [6.45, 7) is 0. The summed E-state index contributed by atoms with van der Waals surface area (Å²) in [5, 5.41) is 0. The number of rotatable bonds is 3. The maximum absolute atomic E-state index is 11.9. The van der Waals surface area contributed by atoms with Crippen LogP contribution in [0.25, 0.3) is 11.5 Å². The molecule has 0 unspecified atom stereocenters. The van der Waals surface area contributed by atoms with Crippen molar-refractivity contribution < 1.29 is 4.74 Å². The first kappa shape index (κ1) is 12.5. The summed E-state index contributed by atoms with van der Waals surface area (Å²) >= 11 is 2.05. The molecule has 19 heavy (non-hydrogen) atoms. The van der Waals surface area contributed by atoms with Crippen molar-refractivity contribution in [1.82, 2.24) is 19.9 Å². The molecule has 3 rings (SSSR count). The molecule has 0 amide bonds. The van der Waals surface area contributed by atoms with E-state index >= 15 is 0 Å². The number of aromatic amines is 1. The average Bonchev–Trinajstić information content (AvgIpc) is 3.26. The Balaban J connectivity index is 2.11. The molecule has 0 spiro atoms. The Morgan fingerprint density at radius 3 is 2.89 bits per heavy atom. The number of methoxy groups -OCH3 is 1. The predicted molar refractivity (Wildman–Crippen MR) is 77.1 cm³/mol. The minimum atomic E-state index is -0.120. The molecule has 1 N–H and O–H groups in total. The van der Waals surface area contributed by atoms with E-state index in [0.29, 0.717) is 26.9 Å². The van der Waals surface area contributed by atoms with Gasteiger partial charge in [-0.2, -0.15) is 0 Å². The Labute approximate surface area is 122 Å². The lowest BCUT2D eigenvalue weighted by atomic mass is 10.2. The van der Waals surface area contributed by atoms with E-state index in [-0.39, 0.29) is 5.56 Å². The molecule has 2 heterocycles. The SMILES string of the molecule is COc1cc(-c2nc(C3CC3)c(I)c(=O)[nH]2)ncn1. The Bertz CT molecular complexity index is 682. The molecule has 1 saturated carbocycles. The van der Waals surface area contributed by atoms with Crippen LogP contribution in [-0.4, -0.2) is 27.0 Å². The van der Waals surface area contributed by atoms with Crippen LogP contribution >= 0.6 is 22.6 Å². The fraction of sp³-hybridized carbons (Fsp3) is 0.333. The van der Waals surface area contributed by atoms with Gasteiger partial charge in [-0.1, -0.05) is 0 Å². The quantitative estimate of drug-likeness (QED) is 0.833. The summed E-state index contributed by atoms with van der Waals surface area (Å²) in [4.78, 5) is 27.3. The molecule has 1 aliphatic rings. The van der Waals surface area contributed by atoms with Crippen molar-refractivity contribution in [2.24, 2.45) is 0 Å². The second-order valence-electron chi connectivity index (χ2n) is 4.33. The molecule has 2 aromatic rings. The van der Waals surface area contributed by atoms with Gasteiger partial charge in [0.15, 0.2) is 5.82 Å². The topological polar surface area (TPSA) is 80.8 Å². The first-order chi connectivity index (χ1) is 9.19. The van der Waals surface area contributed by atoms with Crippen molar-refractivity contribution >= 4 is 22.6 Å². The van der Waals surface area contributed by atoms with Crippen LogP contribution in [0.2, 0.25) is 0 Å². The average molecular weight is 370 g/mol. The highest BCUT2D eigenvalue weighted by Crippen LogP contribution is 2.40. The Kier molecular flexibility index (Phi) is 3.21. The lowest BCUT2D eigenvalue weighted by molar-refractivity contribution is 0.397. The normalized spacial score (nSPS) is 14.4. The molecule has 2 aromatic heterocycles. The number of hydrogen-bond acceptors (Lipinski definition) is 5. The van der Waals surface area contributed by atoms with Gasteiger partial charge in [0.2, 0.25) is 5.88 Å². The highest BCUT2D eigenvalue weighted by Gasteiger charge is 2.29. The predicted octanol–water partition coefficient (Wildman–Crippen LogP) is 1.72.